The molecule has 0 saturated carbocycles. The Labute approximate surface area is 225 Å². The molecule has 4 rings (SSSR count). The van der Waals surface area contributed by atoms with Crippen molar-refractivity contribution in [1.29, 1.82) is 0 Å². The summed E-state index contributed by atoms with van der Waals surface area (Å²) in [6, 6.07) is 3.41. The Bertz CT molecular complexity index is 1390. The molecular formula is C24H31ClN4O6S2. The van der Waals surface area contributed by atoms with Crippen LogP contribution in [0.1, 0.15) is 46.9 Å². The number of carbonyl (C=O) groups excluding carboxylic acids is 1. The summed E-state index contributed by atoms with van der Waals surface area (Å²) in [4.78, 5) is 29.1. The smallest absolute Gasteiger partial charge is 0.279 e. The molecule has 1 fully saturated rings. The van der Waals surface area contributed by atoms with E-state index in [-0.39, 0.29) is 23.0 Å². The summed E-state index contributed by atoms with van der Waals surface area (Å²) < 4.78 is 40.5. The molecule has 1 amide bonds. The lowest BCUT2D eigenvalue weighted by molar-refractivity contribution is -0.121. The standard InChI is InChI=1S/C24H31ClN4O6S2/c1-13-10-19(36-5)17(23(31)28-13)12-27-22(30)16-11-18(25)21-20(14(16)2)34-24(3,35-21)15-6-8-29(9-7-15)37(32,33)26-4/h10-11,15,26H,6-9,12H2,1-5H3,(H,27,30)(H,28,31)/t24-/m1/s1. The Morgan fingerprint density at radius 1 is 1.24 bits per heavy atom. The number of nitrogens with one attached hydrogen (secondary N) is 3. The van der Waals surface area contributed by atoms with Gasteiger partial charge in [0, 0.05) is 66.8 Å². The summed E-state index contributed by atoms with van der Waals surface area (Å²) in [5.74, 6) is -0.776. The SMILES string of the molecule is CNS(=O)(=O)N1CCC([C@@]2(C)Oc3c(Cl)cc(C(=O)NCc4c(SC)cc(C)[nH]c4=O)c(C)c3O2)CC1. The summed E-state index contributed by atoms with van der Waals surface area (Å²) in [5.41, 5.74) is 1.88. The number of amides is 1. The molecule has 0 bridgehead atoms. The van der Waals surface area contributed by atoms with Gasteiger partial charge in [-0.3, -0.25) is 9.59 Å². The zero-order valence-electron chi connectivity index (χ0n) is 21.4. The van der Waals surface area contributed by atoms with Gasteiger partial charge in [0.25, 0.3) is 27.5 Å². The Morgan fingerprint density at radius 2 is 1.89 bits per heavy atom. The molecule has 0 spiro atoms. The van der Waals surface area contributed by atoms with Crippen molar-refractivity contribution >= 4 is 39.5 Å². The molecule has 1 saturated heterocycles. The van der Waals surface area contributed by atoms with Gasteiger partial charge in [-0.1, -0.05) is 11.6 Å². The first-order chi connectivity index (χ1) is 17.4. The van der Waals surface area contributed by atoms with Crippen LogP contribution < -0.4 is 25.1 Å². The van der Waals surface area contributed by atoms with Gasteiger partial charge >= 0.3 is 0 Å². The molecule has 3 N–H and O–H groups in total. The highest BCUT2D eigenvalue weighted by Crippen LogP contribution is 2.51. The number of fused-ring (bicyclic) bond motifs is 1. The molecule has 202 valence electrons. The molecule has 1 aromatic carbocycles. The second kappa shape index (κ2) is 10.5. The molecular weight excluding hydrogens is 540 g/mol. The molecule has 0 aliphatic carbocycles. The molecule has 10 nitrogen and oxygen atoms in total. The van der Waals surface area contributed by atoms with Crippen molar-refractivity contribution in [3.8, 4) is 11.5 Å². The summed E-state index contributed by atoms with van der Waals surface area (Å²) in [6.45, 7) is 6.10. The number of hydrogen-bond acceptors (Lipinski definition) is 7. The largest absolute Gasteiger partial charge is 0.448 e. The van der Waals surface area contributed by atoms with E-state index in [0.717, 1.165) is 10.6 Å². The third-order valence-corrected chi connectivity index (χ3v) is 9.61. The van der Waals surface area contributed by atoms with E-state index in [1.807, 2.05) is 26.2 Å². The fourth-order valence-corrected chi connectivity index (χ4v) is 6.69. The predicted octanol–water partition coefficient (Wildman–Crippen LogP) is 2.96. The van der Waals surface area contributed by atoms with Gasteiger partial charge in [0.05, 0.1) is 5.02 Å². The second-order valence-electron chi connectivity index (χ2n) is 9.30. The number of aryl methyl sites for hydroxylation is 1. The normalized spacial score (nSPS) is 20.3. The van der Waals surface area contributed by atoms with Crippen LogP contribution in [-0.2, 0) is 16.8 Å². The Balaban J connectivity index is 1.51. The quantitative estimate of drug-likeness (QED) is 0.436. The van der Waals surface area contributed by atoms with Crippen molar-refractivity contribution in [3.05, 3.63) is 49.9 Å². The van der Waals surface area contributed by atoms with Gasteiger partial charge < -0.3 is 19.8 Å². The van der Waals surface area contributed by atoms with Crippen LogP contribution in [-0.4, -0.2) is 55.8 Å². The Morgan fingerprint density at radius 3 is 2.51 bits per heavy atom. The molecule has 1 aromatic heterocycles. The summed E-state index contributed by atoms with van der Waals surface area (Å²) in [7, 11) is -2.10. The van der Waals surface area contributed by atoms with Crippen molar-refractivity contribution in [3.63, 3.8) is 0 Å². The zero-order chi connectivity index (χ0) is 27.1. The first kappa shape index (κ1) is 27.8. The lowest BCUT2D eigenvalue weighted by Gasteiger charge is -2.38. The van der Waals surface area contributed by atoms with Crippen LogP contribution in [0.2, 0.25) is 5.02 Å². The highest BCUT2D eigenvalue weighted by atomic mass is 35.5. The maximum atomic E-state index is 13.1. The van der Waals surface area contributed by atoms with Crippen LogP contribution >= 0.6 is 23.4 Å². The van der Waals surface area contributed by atoms with Gasteiger partial charge in [0.1, 0.15) is 0 Å². The van der Waals surface area contributed by atoms with Gasteiger partial charge in [-0.15, -0.1) is 11.8 Å². The van der Waals surface area contributed by atoms with E-state index in [1.54, 1.807) is 6.92 Å². The number of benzene rings is 1. The van der Waals surface area contributed by atoms with E-state index in [2.05, 4.69) is 15.0 Å². The van der Waals surface area contributed by atoms with E-state index in [0.29, 0.717) is 54.1 Å². The molecule has 0 radical (unpaired) electrons. The molecule has 13 heteroatoms. The van der Waals surface area contributed by atoms with E-state index < -0.39 is 21.9 Å². The first-order valence-electron chi connectivity index (χ1n) is 11.8. The van der Waals surface area contributed by atoms with Crippen molar-refractivity contribution in [1.82, 2.24) is 19.3 Å². The number of carbonyl (C=O) groups is 1. The van der Waals surface area contributed by atoms with Crippen molar-refractivity contribution < 1.29 is 22.7 Å². The fourth-order valence-electron chi connectivity index (χ4n) is 4.80. The van der Waals surface area contributed by atoms with E-state index in [1.165, 1.54) is 29.2 Å². The minimum atomic E-state index is -3.49. The van der Waals surface area contributed by atoms with E-state index in [4.69, 9.17) is 21.1 Å². The number of halogens is 1. The van der Waals surface area contributed by atoms with Crippen LogP contribution in [0, 0.1) is 19.8 Å². The number of nitrogens with zero attached hydrogens (tertiary/aromatic N) is 1. The minimum absolute atomic E-state index is 0.0575. The number of H-pyrrole nitrogens is 1. The fraction of sp³-hybridized carbons (Fsp3) is 0.500. The number of ether oxygens (including phenoxy) is 2. The predicted molar refractivity (Wildman–Crippen MR) is 143 cm³/mol. The maximum Gasteiger partial charge on any atom is 0.279 e. The molecule has 1 atom stereocenters. The number of aromatic nitrogens is 1. The van der Waals surface area contributed by atoms with Crippen molar-refractivity contribution in [2.24, 2.45) is 5.92 Å². The third kappa shape index (κ3) is 5.35. The maximum absolute atomic E-state index is 13.1. The zero-order valence-corrected chi connectivity index (χ0v) is 23.7. The number of thioether (sulfide) groups is 1. The number of piperidine rings is 1. The second-order valence-corrected chi connectivity index (χ2v) is 12.4. The molecule has 0 unspecified atom stereocenters. The van der Waals surface area contributed by atoms with Crippen LogP contribution in [0.5, 0.6) is 11.5 Å². The van der Waals surface area contributed by atoms with Crippen LogP contribution in [0.4, 0.5) is 0 Å². The van der Waals surface area contributed by atoms with E-state index >= 15 is 0 Å². The molecule has 2 aliphatic rings. The van der Waals surface area contributed by atoms with Crippen molar-refractivity contribution in [2.45, 2.75) is 50.8 Å². The van der Waals surface area contributed by atoms with Crippen LogP contribution in [0.25, 0.3) is 0 Å². The third-order valence-electron chi connectivity index (χ3n) is 6.96. The van der Waals surface area contributed by atoms with Gasteiger partial charge in [-0.05, 0) is 45.1 Å². The van der Waals surface area contributed by atoms with Crippen molar-refractivity contribution in [2.75, 3.05) is 26.4 Å². The Hall–Kier alpha value is -2.25. The minimum Gasteiger partial charge on any atom is -0.448 e. The van der Waals surface area contributed by atoms with Gasteiger partial charge in [-0.25, -0.2) is 4.72 Å². The summed E-state index contributed by atoms with van der Waals surface area (Å²) in [5, 5.41) is 3.06. The average Bonchev–Trinajstić information content (AvgIpc) is 3.25. The van der Waals surface area contributed by atoms with Gasteiger partial charge in [0.2, 0.25) is 0 Å². The molecule has 2 aliphatic heterocycles. The summed E-state index contributed by atoms with van der Waals surface area (Å²) in [6.07, 6.45) is 2.96. The lowest BCUT2D eigenvalue weighted by atomic mass is 9.90. The topological polar surface area (TPSA) is 130 Å². The highest BCUT2D eigenvalue weighted by molar-refractivity contribution is 7.98. The first-order valence-corrected chi connectivity index (χ1v) is 14.9. The monoisotopic (exact) mass is 570 g/mol. The number of pyridine rings is 1. The van der Waals surface area contributed by atoms with E-state index in [9.17, 15) is 18.0 Å². The molecule has 2 aromatic rings. The molecule has 37 heavy (non-hydrogen) atoms. The lowest BCUT2D eigenvalue weighted by Crippen LogP contribution is -2.51. The van der Waals surface area contributed by atoms with Crippen LogP contribution in [0.15, 0.2) is 21.8 Å². The average molecular weight is 571 g/mol. The molecule has 3 heterocycles. The highest BCUT2D eigenvalue weighted by Gasteiger charge is 2.48. The van der Waals surface area contributed by atoms with Gasteiger partial charge in [-0.2, -0.15) is 12.7 Å². The number of hydrogen-bond donors (Lipinski definition) is 3. The number of rotatable bonds is 7. The van der Waals surface area contributed by atoms with Gasteiger partial charge in [0.15, 0.2) is 11.5 Å². The van der Waals surface area contributed by atoms with Crippen LogP contribution in [0.3, 0.4) is 0 Å². The summed E-state index contributed by atoms with van der Waals surface area (Å²) >= 11 is 7.97. The number of aromatic amines is 1. The Kier molecular flexibility index (Phi) is 7.87.